The fraction of sp³-hybridized carbons (Fsp3) is 0.241. The smallest absolute Gasteiger partial charge is 0.255 e. The summed E-state index contributed by atoms with van der Waals surface area (Å²) < 4.78 is 39.2. The molecule has 0 bridgehead atoms. The first kappa shape index (κ1) is 22.5. The monoisotopic (exact) mass is 486 g/mol. The lowest BCUT2D eigenvalue weighted by Crippen LogP contribution is -2.42. The molecule has 0 atom stereocenters. The average molecular weight is 487 g/mol. The first-order valence-electron chi connectivity index (χ1n) is 12.1. The van der Waals surface area contributed by atoms with Crippen LogP contribution in [0.25, 0.3) is 44.5 Å². The van der Waals surface area contributed by atoms with E-state index in [2.05, 4.69) is 4.98 Å². The number of aromatic nitrogens is 1. The molecule has 0 unspecified atom stereocenters. The minimum atomic E-state index is -2.69. The number of carbonyl (C=O) groups is 1. The number of rotatable bonds is 4. The molecular weight excluding hydrogens is 462 g/mol. The highest BCUT2D eigenvalue weighted by Gasteiger charge is 2.35. The summed E-state index contributed by atoms with van der Waals surface area (Å²) in [4.78, 5) is 18.8. The van der Waals surface area contributed by atoms with Gasteiger partial charge in [-0.25, -0.2) is 8.78 Å². The minimum Gasteiger partial charge on any atom is -0.460 e. The van der Waals surface area contributed by atoms with Gasteiger partial charge in [0.25, 0.3) is 11.8 Å². The fourth-order valence-electron chi connectivity index (χ4n) is 4.74. The quantitative estimate of drug-likeness (QED) is 0.267. The minimum absolute atomic E-state index is 0.0470. The van der Waals surface area contributed by atoms with Crippen LogP contribution in [0.15, 0.2) is 75.7 Å². The Labute approximate surface area is 206 Å². The lowest BCUT2D eigenvalue weighted by molar-refractivity contribution is -0.0494. The molecule has 3 aromatic heterocycles. The van der Waals surface area contributed by atoms with Crippen molar-refractivity contribution < 1.29 is 22.4 Å². The van der Waals surface area contributed by atoms with Gasteiger partial charge in [-0.05, 0) is 42.5 Å². The van der Waals surface area contributed by atoms with Crippen LogP contribution in [-0.4, -0.2) is 34.8 Å². The van der Waals surface area contributed by atoms with Crippen LogP contribution in [0.5, 0.6) is 0 Å². The van der Waals surface area contributed by atoms with Crippen LogP contribution in [0, 0.1) is 0 Å². The first-order valence-corrected chi connectivity index (χ1v) is 12.1. The Bertz CT molecular complexity index is 1540. The number of fused-ring (bicyclic) bond motifs is 2. The second-order valence-corrected chi connectivity index (χ2v) is 9.24. The van der Waals surface area contributed by atoms with Crippen molar-refractivity contribution in [3.8, 4) is 22.6 Å². The van der Waals surface area contributed by atoms with Gasteiger partial charge in [-0.15, -0.1) is 0 Å². The van der Waals surface area contributed by atoms with E-state index in [1.165, 1.54) is 11.1 Å². The number of halogens is 2. The Morgan fingerprint density at radius 2 is 1.81 bits per heavy atom. The number of piperidine rings is 1. The number of furan rings is 2. The van der Waals surface area contributed by atoms with E-state index < -0.39 is 5.92 Å². The number of amides is 1. The van der Waals surface area contributed by atoms with Crippen molar-refractivity contribution in [2.24, 2.45) is 0 Å². The molecule has 0 spiro atoms. The van der Waals surface area contributed by atoms with E-state index in [-0.39, 0.29) is 31.8 Å². The SMILES string of the molecule is CCc1cc2cc(-c3ccc(C(=O)N4CCC(F)(F)CC4)cn3)cc(-c3cc4ccccc4o3)c2o1. The van der Waals surface area contributed by atoms with Gasteiger partial charge in [0.05, 0.1) is 16.8 Å². The summed E-state index contributed by atoms with van der Waals surface area (Å²) in [5, 5.41) is 1.95. The highest BCUT2D eigenvalue weighted by molar-refractivity contribution is 5.98. The molecule has 1 saturated heterocycles. The number of pyridine rings is 1. The van der Waals surface area contributed by atoms with Crippen LogP contribution in [0.4, 0.5) is 8.78 Å². The molecule has 1 aliphatic heterocycles. The number of carbonyl (C=O) groups excluding carboxylic acids is 1. The lowest BCUT2D eigenvalue weighted by atomic mass is 10.0. The maximum atomic E-state index is 13.5. The largest absolute Gasteiger partial charge is 0.460 e. The van der Waals surface area contributed by atoms with Crippen molar-refractivity contribution in [2.75, 3.05) is 13.1 Å². The molecule has 7 heteroatoms. The predicted octanol–water partition coefficient (Wildman–Crippen LogP) is 7.34. The van der Waals surface area contributed by atoms with E-state index in [9.17, 15) is 13.6 Å². The summed E-state index contributed by atoms with van der Waals surface area (Å²) in [6.07, 6.45) is 1.67. The zero-order chi connectivity index (χ0) is 24.9. The molecule has 0 aliphatic carbocycles. The summed E-state index contributed by atoms with van der Waals surface area (Å²) in [5.41, 5.74) is 4.31. The van der Waals surface area contributed by atoms with E-state index in [4.69, 9.17) is 8.83 Å². The molecule has 6 rings (SSSR count). The van der Waals surface area contributed by atoms with E-state index in [0.717, 1.165) is 45.2 Å². The van der Waals surface area contributed by atoms with Crippen LogP contribution < -0.4 is 0 Å². The number of para-hydroxylation sites is 1. The van der Waals surface area contributed by atoms with E-state index in [0.29, 0.717) is 17.0 Å². The summed E-state index contributed by atoms with van der Waals surface area (Å²) in [7, 11) is 0. The van der Waals surface area contributed by atoms with E-state index >= 15 is 0 Å². The number of alkyl halides is 2. The molecule has 1 aliphatic rings. The molecule has 2 aromatic carbocycles. The Balaban J connectivity index is 1.36. The molecule has 0 N–H and O–H groups in total. The molecular formula is C29H24F2N2O3. The maximum Gasteiger partial charge on any atom is 0.255 e. The summed E-state index contributed by atoms with van der Waals surface area (Å²) in [6.45, 7) is 2.14. The van der Waals surface area contributed by atoms with Crippen LogP contribution in [0.1, 0.15) is 35.9 Å². The number of hydrogen-bond acceptors (Lipinski definition) is 4. The Morgan fingerprint density at radius 1 is 1.00 bits per heavy atom. The van der Waals surface area contributed by atoms with E-state index in [1.807, 2.05) is 55.5 Å². The van der Waals surface area contributed by atoms with Gasteiger partial charge in [0.2, 0.25) is 0 Å². The van der Waals surface area contributed by atoms with Gasteiger partial charge >= 0.3 is 0 Å². The number of benzene rings is 2. The zero-order valence-corrected chi connectivity index (χ0v) is 19.8. The summed E-state index contributed by atoms with van der Waals surface area (Å²) >= 11 is 0. The normalized spacial score (nSPS) is 15.6. The highest BCUT2D eigenvalue weighted by atomic mass is 19.3. The number of hydrogen-bond donors (Lipinski definition) is 0. The maximum absolute atomic E-state index is 13.5. The van der Waals surface area contributed by atoms with Crippen LogP contribution in [0.3, 0.4) is 0 Å². The zero-order valence-electron chi connectivity index (χ0n) is 19.8. The molecule has 5 aromatic rings. The third-order valence-electron chi connectivity index (χ3n) is 6.80. The summed E-state index contributed by atoms with van der Waals surface area (Å²) in [5.74, 6) is -1.39. The second-order valence-electron chi connectivity index (χ2n) is 9.24. The van der Waals surface area contributed by atoms with Crippen molar-refractivity contribution in [2.45, 2.75) is 32.1 Å². The average Bonchev–Trinajstić information content (AvgIpc) is 3.52. The van der Waals surface area contributed by atoms with Gasteiger partial charge in [0, 0.05) is 54.9 Å². The molecule has 1 amide bonds. The first-order chi connectivity index (χ1) is 17.4. The van der Waals surface area contributed by atoms with Gasteiger partial charge < -0.3 is 13.7 Å². The molecule has 36 heavy (non-hydrogen) atoms. The van der Waals surface area contributed by atoms with Gasteiger partial charge in [0.1, 0.15) is 22.7 Å². The number of likely N-dealkylation sites (tertiary alicyclic amines) is 1. The third kappa shape index (κ3) is 4.04. The van der Waals surface area contributed by atoms with Gasteiger partial charge in [-0.2, -0.15) is 0 Å². The standard InChI is InChI=1S/C29H24F2N2O3/c1-2-22-14-21-13-20(15-23(27(21)35-22)26-16-18-5-3-4-6-25(18)36-26)24-8-7-19(17-32-24)28(34)33-11-9-29(30,31)10-12-33/h3-8,13-17H,2,9-12H2,1H3. The van der Waals surface area contributed by atoms with Crippen molar-refractivity contribution in [1.29, 1.82) is 0 Å². The predicted molar refractivity (Wildman–Crippen MR) is 134 cm³/mol. The topological polar surface area (TPSA) is 59.5 Å². The molecule has 4 heterocycles. The van der Waals surface area contributed by atoms with Crippen LogP contribution in [-0.2, 0) is 6.42 Å². The third-order valence-corrected chi connectivity index (χ3v) is 6.80. The lowest BCUT2D eigenvalue weighted by Gasteiger charge is -2.31. The Morgan fingerprint density at radius 3 is 2.53 bits per heavy atom. The summed E-state index contributed by atoms with van der Waals surface area (Å²) in [6, 6.07) is 19.4. The van der Waals surface area contributed by atoms with Crippen molar-refractivity contribution >= 4 is 27.8 Å². The second kappa shape index (κ2) is 8.59. The van der Waals surface area contributed by atoms with Gasteiger partial charge in [-0.1, -0.05) is 25.1 Å². The Kier molecular flexibility index (Phi) is 5.36. The molecule has 1 fully saturated rings. The molecule has 5 nitrogen and oxygen atoms in total. The van der Waals surface area contributed by atoms with Gasteiger partial charge in [-0.3, -0.25) is 9.78 Å². The van der Waals surface area contributed by atoms with Crippen LogP contribution in [0.2, 0.25) is 0 Å². The Hall–Kier alpha value is -4.00. The van der Waals surface area contributed by atoms with Crippen molar-refractivity contribution in [3.63, 3.8) is 0 Å². The van der Waals surface area contributed by atoms with Crippen molar-refractivity contribution in [1.82, 2.24) is 9.88 Å². The molecule has 0 saturated carbocycles. The molecule has 182 valence electrons. The van der Waals surface area contributed by atoms with Crippen LogP contribution >= 0.6 is 0 Å². The van der Waals surface area contributed by atoms with Gasteiger partial charge in [0.15, 0.2) is 0 Å². The fourth-order valence-corrected chi connectivity index (χ4v) is 4.74. The van der Waals surface area contributed by atoms with Crippen molar-refractivity contribution in [3.05, 3.63) is 78.2 Å². The molecule has 0 radical (unpaired) electrons. The number of nitrogens with zero attached hydrogens (tertiary/aromatic N) is 2. The highest BCUT2D eigenvalue weighted by Crippen LogP contribution is 2.38. The number of aryl methyl sites for hydroxylation is 1. The van der Waals surface area contributed by atoms with E-state index in [1.54, 1.807) is 12.1 Å².